The molecule has 0 amide bonds. The topological polar surface area (TPSA) is 40.1 Å². The molecule has 0 aromatic heterocycles. The van der Waals surface area contributed by atoms with Gasteiger partial charge in [-0.05, 0) is 50.4 Å². The predicted octanol–water partition coefficient (Wildman–Crippen LogP) is 3.19. The minimum absolute atomic E-state index is 0. The van der Waals surface area contributed by atoms with Crippen molar-refractivity contribution in [2.75, 3.05) is 47.9 Å². The van der Waals surface area contributed by atoms with Crippen molar-refractivity contribution in [1.29, 1.82) is 0 Å². The number of ether oxygens (including phenoxy) is 1. The Morgan fingerprint density at radius 3 is 2.31 bits per heavy atom. The van der Waals surface area contributed by atoms with Crippen LogP contribution in [0.15, 0.2) is 29.3 Å². The monoisotopic (exact) mass is 474 g/mol. The molecule has 0 spiro atoms. The van der Waals surface area contributed by atoms with Gasteiger partial charge in [0.05, 0.1) is 0 Å². The molecule has 2 rings (SSSR count). The van der Waals surface area contributed by atoms with Gasteiger partial charge in [0.15, 0.2) is 5.96 Å². The van der Waals surface area contributed by atoms with Crippen molar-refractivity contribution in [3.05, 3.63) is 35.4 Å². The molecule has 0 aliphatic carbocycles. The Kier molecular flexibility index (Phi) is 11.2. The zero-order chi connectivity index (χ0) is 18.1. The molecule has 1 heterocycles. The Morgan fingerprint density at radius 1 is 1.12 bits per heavy atom. The van der Waals surface area contributed by atoms with Crippen LogP contribution >= 0.6 is 24.0 Å². The second-order valence-electron chi connectivity index (χ2n) is 7.22. The van der Waals surface area contributed by atoms with Gasteiger partial charge in [0.1, 0.15) is 0 Å². The van der Waals surface area contributed by atoms with Crippen molar-refractivity contribution < 1.29 is 4.74 Å². The Hall–Kier alpha value is -0.860. The van der Waals surface area contributed by atoms with Crippen molar-refractivity contribution in [1.82, 2.24) is 15.1 Å². The number of hydrogen-bond acceptors (Lipinski definition) is 3. The summed E-state index contributed by atoms with van der Waals surface area (Å²) in [5.41, 5.74) is 2.62. The molecular formula is C20H35IN4O. The molecule has 148 valence electrons. The van der Waals surface area contributed by atoms with E-state index in [0.717, 1.165) is 44.7 Å². The second-order valence-corrected chi connectivity index (χ2v) is 7.22. The fraction of sp³-hybridized carbons (Fsp3) is 0.650. The first-order valence-electron chi connectivity index (χ1n) is 9.30. The third kappa shape index (κ3) is 8.22. The highest BCUT2D eigenvalue weighted by Gasteiger charge is 2.15. The Labute approximate surface area is 176 Å². The Balaban J connectivity index is 0.00000338. The van der Waals surface area contributed by atoms with Crippen molar-refractivity contribution in [3.8, 4) is 0 Å². The molecule has 1 aromatic carbocycles. The van der Waals surface area contributed by atoms with Crippen LogP contribution in [0.5, 0.6) is 0 Å². The molecule has 1 aliphatic rings. The molecule has 1 aromatic rings. The Bertz CT molecular complexity index is 527. The minimum atomic E-state index is 0. The quantitative estimate of drug-likeness (QED) is 0.375. The van der Waals surface area contributed by atoms with Crippen LogP contribution in [0.3, 0.4) is 0 Å². The van der Waals surface area contributed by atoms with Gasteiger partial charge in [0, 0.05) is 46.9 Å². The van der Waals surface area contributed by atoms with Gasteiger partial charge in [-0.25, -0.2) is 0 Å². The SMILES string of the molecule is CN=C(NCc1ccc(CN(C)C)cc1)N(C)CCC1CCOCC1.I. The average molecular weight is 474 g/mol. The molecule has 0 saturated carbocycles. The first-order valence-corrected chi connectivity index (χ1v) is 9.30. The van der Waals surface area contributed by atoms with Crippen molar-refractivity contribution in [2.45, 2.75) is 32.4 Å². The molecule has 5 nitrogen and oxygen atoms in total. The van der Waals surface area contributed by atoms with E-state index in [0.29, 0.717) is 0 Å². The number of guanidine groups is 1. The van der Waals surface area contributed by atoms with Gasteiger partial charge in [-0.1, -0.05) is 24.3 Å². The standard InChI is InChI=1S/C20H34N4O.HI/c1-21-20(24(4)12-9-17-10-13-25-14-11-17)22-15-18-5-7-19(8-6-18)16-23(2)3;/h5-8,17H,9-16H2,1-4H3,(H,21,22);1H. The number of hydrogen-bond donors (Lipinski definition) is 1. The normalized spacial score (nSPS) is 15.7. The van der Waals surface area contributed by atoms with E-state index < -0.39 is 0 Å². The average Bonchev–Trinajstić information content (AvgIpc) is 2.62. The first-order chi connectivity index (χ1) is 12.1. The summed E-state index contributed by atoms with van der Waals surface area (Å²) in [6.07, 6.45) is 3.60. The summed E-state index contributed by atoms with van der Waals surface area (Å²) in [5.74, 6) is 1.75. The van der Waals surface area contributed by atoms with E-state index in [1.807, 2.05) is 7.05 Å². The van der Waals surface area contributed by atoms with Gasteiger partial charge in [-0.2, -0.15) is 0 Å². The fourth-order valence-corrected chi connectivity index (χ4v) is 3.21. The van der Waals surface area contributed by atoms with Crippen molar-refractivity contribution in [2.24, 2.45) is 10.9 Å². The summed E-state index contributed by atoms with van der Waals surface area (Å²) >= 11 is 0. The molecule has 0 bridgehead atoms. The highest BCUT2D eigenvalue weighted by atomic mass is 127. The van der Waals surface area contributed by atoms with Crippen LogP contribution in [0.4, 0.5) is 0 Å². The lowest BCUT2D eigenvalue weighted by Gasteiger charge is -2.26. The van der Waals surface area contributed by atoms with Gasteiger partial charge in [0.2, 0.25) is 0 Å². The zero-order valence-electron chi connectivity index (χ0n) is 16.7. The van der Waals surface area contributed by atoms with E-state index in [-0.39, 0.29) is 24.0 Å². The number of halogens is 1. The van der Waals surface area contributed by atoms with Crippen LogP contribution in [0.25, 0.3) is 0 Å². The van der Waals surface area contributed by atoms with Gasteiger partial charge in [0.25, 0.3) is 0 Å². The lowest BCUT2D eigenvalue weighted by Crippen LogP contribution is -2.39. The maximum atomic E-state index is 5.44. The summed E-state index contributed by atoms with van der Waals surface area (Å²) in [5, 5.41) is 3.47. The van der Waals surface area contributed by atoms with E-state index >= 15 is 0 Å². The summed E-state index contributed by atoms with van der Waals surface area (Å²) in [4.78, 5) is 8.84. The molecule has 1 saturated heterocycles. The number of benzene rings is 1. The number of aliphatic imine (C=N–C) groups is 1. The Morgan fingerprint density at radius 2 is 1.73 bits per heavy atom. The van der Waals surface area contributed by atoms with E-state index in [1.54, 1.807) is 0 Å². The van der Waals surface area contributed by atoms with Gasteiger partial charge >= 0.3 is 0 Å². The number of rotatable bonds is 7. The first kappa shape index (κ1) is 23.2. The number of nitrogens with zero attached hydrogens (tertiary/aromatic N) is 3. The maximum absolute atomic E-state index is 5.44. The zero-order valence-corrected chi connectivity index (χ0v) is 19.0. The summed E-state index contributed by atoms with van der Waals surface area (Å²) in [6, 6.07) is 8.80. The highest BCUT2D eigenvalue weighted by Crippen LogP contribution is 2.18. The second kappa shape index (κ2) is 12.5. The van der Waals surface area contributed by atoms with Gasteiger partial charge < -0.3 is 19.9 Å². The molecule has 1 fully saturated rings. The van der Waals surface area contributed by atoms with Gasteiger partial charge in [-0.3, -0.25) is 4.99 Å². The summed E-state index contributed by atoms with van der Waals surface area (Å²) in [7, 11) is 8.16. The van der Waals surface area contributed by atoms with E-state index in [9.17, 15) is 0 Å². The fourth-order valence-electron chi connectivity index (χ4n) is 3.21. The largest absolute Gasteiger partial charge is 0.381 e. The van der Waals surface area contributed by atoms with Crippen LogP contribution in [0.1, 0.15) is 30.4 Å². The van der Waals surface area contributed by atoms with E-state index in [4.69, 9.17) is 4.74 Å². The molecule has 0 radical (unpaired) electrons. The molecule has 6 heteroatoms. The van der Waals surface area contributed by atoms with Crippen LogP contribution in [0, 0.1) is 5.92 Å². The third-order valence-electron chi connectivity index (χ3n) is 4.76. The minimum Gasteiger partial charge on any atom is -0.381 e. The van der Waals surface area contributed by atoms with Crippen LogP contribution in [0.2, 0.25) is 0 Å². The molecule has 1 N–H and O–H groups in total. The summed E-state index contributed by atoms with van der Waals surface area (Å²) in [6.45, 7) is 4.66. The van der Waals surface area contributed by atoms with E-state index in [2.05, 4.69) is 65.5 Å². The lowest BCUT2D eigenvalue weighted by atomic mass is 9.96. The van der Waals surface area contributed by atoms with Crippen LogP contribution in [-0.2, 0) is 17.8 Å². The predicted molar refractivity (Wildman–Crippen MR) is 120 cm³/mol. The highest BCUT2D eigenvalue weighted by molar-refractivity contribution is 14.0. The summed E-state index contributed by atoms with van der Waals surface area (Å²) < 4.78 is 5.44. The number of nitrogens with one attached hydrogen (secondary N) is 1. The molecular weight excluding hydrogens is 439 g/mol. The van der Waals surface area contributed by atoms with Crippen LogP contribution in [-0.4, -0.2) is 63.7 Å². The molecule has 0 atom stereocenters. The molecule has 26 heavy (non-hydrogen) atoms. The van der Waals surface area contributed by atoms with Crippen molar-refractivity contribution in [3.63, 3.8) is 0 Å². The van der Waals surface area contributed by atoms with E-state index in [1.165, 1.54) is 30.4 Å². The molecule has 1 aliphatic heterocycles. The smallest absolute Gasteiger partial charge is 0.193 e. The maximum Gasteiger partial charge on any atom is 0.193 e. The lowest BCUT2D eigenvalue weighted by molar-refractivity contribution is 0.0625. The van der Waals surface area contributed by atoms with Gasteiger partial charge in [-0.15, -0.1) is 24.0 Å². The third-order valence-corrected chi connectivity index (χ3v) is 4.76. The molecule has 0 unspecified atom stereocenters. The van der Waals surface area contributed by atoms with Crippen molar-refractivity contribution >= 4 is 29.9 Å². The van der Waals surface area contributed by atoms with Crippen LogP contribution < -0.4 is 5.32 Å².